The molecule has 1 unspecified atom stereocenters. The molecule has 0 saturated heterocycles. The lowest BCUT2D eigenvalue weighted by molar-refractivity contribution is -0.167. The molecule has 0 N–H and O–H groups in total. The summed E-state index contributed by atoms with van der Waals surface area (Å²) in [7, 11) is 0. The van der Waals surface area contributed by atoms with Crippen molar-refractivity contribution in [3.63, 3.8) is 0 Å². The van der Waals surface area contributed by atoms with Crippen molar-refractivity contribution in [3.05, 3.63) is 72.9 Å². The maximum atomic E-state index is 12.7. The normalized spacial score (nSPS) is 12.7. The van der Waals surface area contributed by atoms with Crippen molar-refractivity contribution in [2.75, 3.05) is 13.2 Å². The Bertz CT molecular complexity index is 1130. The first-order valence-electron chi connectivity index (χ1n) is 24.5. The highest BCUT2D eigenvalue weighted by Crippen LogP contribution is 2.13. The molecule has 0 aromatic rings. The summed E-state index contributed by atoms with van der Waals surface area (Å²) in [6.07, 6.45) is 58.8. The van der Waals surface area contributed by atoms with Crippen LogP contribution in [0.4, 0.5) is 0 Å². The predicted molar refractivity (Wildman–Crippen MR) is 251 cm³/mol. The fourth-order valence-electron chi connectivity index (χ4n) is 6.56. The fraction of sp³-hybridized carbons (Fsp3) is 0.717. The maximum absolute atomic E-state index is 12.7. The van der Waals surface area contributed by atoms with E-state index in [4.69, 9.17) is 14.2 Å². The summed E-state index contributed by atoms with van der Waals surface area (Å²) in [4.78, 5) is 37.8. The van der Waals surface area contributed by atoms with Crippen molar-refractivity contribution < 1.29 is 28.6 Å². The van der Waals surface area contributed by atoms with Crippen molar-refractivity contribution in [3.8, 4) is 0 Å². The van der Waals surface area contributed by atoms with E-state index in [0.717, 1.165) is 83.5 Å². The van der Waals surface area contributed by atoms with Crippen molar-refractivity contribution in [1.82, 2.24) is 0 Å². The van der Waals surface area contributed by atoms with Crippen molar-refractivity contribution in [2.24, 2.45) is 0 Å². The Labute approximate surface area is 363 Å². The van der Waals surface area contributed by atoms with E-state index in [1.165, 1.54) is 96.3 Å². The molecular weight excluding hydrogens is 733 g/mol. The zero-order chi connectivity index (χ0) is 43.0. The van der Waals surface area contributed by atoms with Gasteiger partial charge in [0.2, 0.25) is 0 Å². The van der Waals surface area contributed by atoms with Crippen LogP contribution in [0.1, 0.15) is 226 Å². The van der Waals surface area contributed by atoms with E-state index in [0.29, 0.717) is 19.3 Å². The van der Waals surface area contributed by atoms with E-state index in [1.807, 2.05) is 36.5 Å². The first-order valence-corrected chi connectivity index (χ1v) is 24.5. The summed E-state index contributed by atoms with van der Waals surface area (Å²) in [5.74, 6) is -0.957. The minimum atomic E-state index is -0.800. The first-order chi connectivity index (χ1) is 29.0. The van der Waals surface area contributed by atoms with E-state index >= 15 is 0 Å². The number of carbonyl (C=O) groups excluding carboxylic acids is 3. The molecule has 0 aromatic carbocycles. The highest BCUT2D eigenvalue weighted by molar-refractivity contribution is 5.71. The molecular formula is C53H90O6. The minimum Gasteiger partial charge on any atom is -0.462 e. The molecule has 0 aliphatic rings. The van der Waals surface area contributed by atoms with Crippen LogP contribution in [-0.4, -0.2) is 37.2 Å². The van der Waals surface area contributed by atoms with Gasteiger partial charge in [-0.15, -0.1) is 0 Å². The van der Waals surface area contributed by atoms with Gasteiger partial charge in [0.15, 0.2) is 6.10 Å². The molecule has 59 heavy (non-hydrogen) atoms. The molecule has 0 aliphatic heterocycles. The molecule has 0 heterocycles. The zero-order valence-electron chi connectivity index (χ0n) is 38.5. The number of unbranched alkanes of at least 4 members (excludes halogenated alkanes) is 23. The number of esters is 3. The van der Waals surface area contributed by atoms with Gasteiger partial charge in [-0.25, -0.2) is 0 Å². The molecule has 6 heteroatoms. The number of carbonyl (C=O) groups is 3. The largest absolute Gasteiger partial charge is 0.462 e. The van der Waals surface area contributed by atoms with Crippen LogP contribution in [0.25, 0.3) is 0 Å². The van der Waals surface area contributed by atoms with Gasteiger partial charge in [-0.1, -0.05) is 190 Å². The van der Waals surface area contributed by atoms with Crippen LogP contribution in [-0.2, 0) is 28.6 Å². The Balaban J connectivity index is 4.45. The van der Waals surface area contributed by atoms with E-state index in [9.17, 15) is 14.4 Å². The molecule has 0 spiro atoms. The second-order valence-corrected chi connectivity index (χ2v) is 16.1. The zero-order valence-corrected chi connectivity index (χ0v) is 38.5. The highest BCUT2D eigenvalue weighted by atomic mass is 16.6. The molecule has 0 rings (SSSR count). The van der Waals surface area contributed by atoms with E-state index < -0.39 is 6.10 Å². The molecule has 6 nitrogen and oxygen atoms in total. The Morgan fingerprint density at radius 2 is 0.678 bits per heavy atom. The van der Waals surface area contributed by atoms with Gasteiger partial charge in [-0.05, 0) is 89.9 Å². The number of hydrogen-bond acceptors (Lipinski definition) is 6. The van der Waals surface area contributed by atoms with Crippen LogP contribution < -0.4 is 0 Å². The Hall–Kier alpha value is -3.15. The molecule has 0 amide bonds. The van der Waals surface area contributed by atoms with E-state index in [2.05, 4.69) is 57.2 Å². The molecule has 338 valence electrons. The minimum absolute atomic E-state index is 0.0987. The lowest BCUT2D eigenvalue weighted by Crippen LogP contribution is -2.30. The highest BCUT2D eigenvalue weighted by Gasteiger charge is 2.19. The number of allylic oxidation sites excluding steroid dienone is 12. The molecule has 0 bridgehead atoms. The van der Waals surface area contributed by atoms with Crippen LogP contribution in [0, 0.1) is 0 Å². The lowest BCUT2D eigenvalue weighted by Gasteiger charge is -2.18. The molecule has 0 saturated carbocycles. The Kier molecular flexibility index (Phi) is 45.0. The second kappa shape index (κ2) is 47.5. The Morgan fingerprint density at radius 1 is 0.356 bits per heavy atom. The third-order valence-corrected chi connectivity index (χ3v) is 10.3. The smallest absolute Gasteiger partial charge is 0.306 e. The molecule has 0 fully saturated rings. The van der Waals surface area contributed by atoms with Gasteiger partial charge in [-0.3, -0.25) is 14.4 Å². The van der Waals surface area contributed by atoms with Crippen molar-refractivity contribution >= 4 is 17.9 Å². The number of rotatable bonds is 43. The third-order valence-electron chi connectivity index (χ3n) is 10.3. The standard InChI is InChI=1S/C53H90O6/c1-4-7-10-13-16-19-22-25-26-27-29-31-34-37-40-43-46-52(55)58-49-50(48-57-51(54)45-42-39-36-33-30-24-21-18-15-12-9-6-3)59-53(56)47-44-41-38-35-32-28-23-20-17-14-11-8-5-2/h8,11,14,17-18,20-21,23,26-28,32,50H,4-7,9-10,12-13,15-16,19,22,24-25,29-31,33-49H2,1-3H3/b11-8-,17-14-,21-18-,23-20-,27-26-,32-28-. The fourth-order valence-corrected chi connectivity index (χ4v) is 6.56. The van der Waals surface area contributed by atoms with Crippen molar-refractivity contribution in [1.29, 1.82) is 0 Å². The average Bonchev–Trinajstić information content (AvgIpc) is 3.23. The van der Waals surface area contributed by atoms with Gasteiger partial charge in [0.1, 0.15) is 13.2 Å². The van der Waals surface area contributed by atoms with Crippen molar-refractivity contribution in [2.45, 2.75) is 232 Å². The van der Waals surface area contributed by atoms with Gasteiger partial charge in [0.05, 0.1) is 0 Å². The second-order valence-electron chi connectivity index (χ2n) is 16.1. The van der Waals surface area contributed by atoms with E-state index in [1.54, 1.807) is 0 Å². The molecule has 1 atom stereocenters. The lowest BCUT2D eigenvalue weighted by atomic mass is 10.1. The Morgan fingerprint density at radius 3 is 1.14 bits per heavy atom. The summed E-state index contributed by atoms with van der Waals surface area (Å²) >= 11 is 0. The van der Waals surface area contributed by atoms with Crippen LogP contribution in [0.3, 0.4) is 0 Å². The summed E-state index contributed by atoms with van der Waals surface area (Å²) in [5, 5.41) is 0. The van der Waals surface area contributed by atoms with Crippen LogP contribution in [0.5, 0.6) is 0 Å². The number of ether oxygens (including phenoxy) is 3. The molecule has 0 aliphatic carbocycles. The average molecular weight is 823 g/mol. The third kappa shape index (κ3) is 45.8. The maximum Gasteiger partial charge on any atom is 0.306 e. The number of hydrogen-bond donors (Lipinski definition) is 0. The van der Waals surface area contributed by atoms with Gasteiger partial charge < -0.3 is 14.2 Å². The SMILES string of the molecule is CC\C=C/C=C\C=C/C=C\CCCCCC(=O)OC(COC(=O)CCCCCCC/C=C\CCCCC)COC(=O)CCCCCCC/C=C\CCCCCCCCC. The van der Waals surface area contributed by atoms with E-state index in [-0.39, 0.29) is 37.5 Å². The van der Waals surface area contributed by atoms with Gasteiger partial charge in [0.25, 0.3) is 0 Å². The summed E-state index contributed by atoms with van der Waals surface area (Å²) in [5.41, 5.74) is 0. The van der Waals surface area contributed by atoms with Crippen LogP contribution >= 0.6 is 0 Å². The quantitative estimate of drug-likeness (QED) is 0.0200. The monoisotopic (exact) mass is 823 g/mol. The first kappa shape index (κ1) is 55.9. The van der Waals surface area contributed by atoms with Gasteiger partial charge in [0, 0.05) is 19.3 Å². The van der Waals surface area contributed by atoms with Gasteiger partial charge >= 0.3 is 17.9 Å². The molecule has 0 radical (unpaired) electrons. The van der Waals surface area contributed by atoms with Crippen LogP contribution in [0.15, 0.2) is 72.9 Å². The summed E-state index contributed by atoms with van der Waals surface area (Å²) < 4.78 is 16.7. The predicted octanol–water partition coefficient (Wildman–Crippen LogP) is 15.9. The van der Waals surface area contributed by atoms with Crippen LogP contribution in [0.2, 0.25) is 0 Å². The van der Waals surface area contributed by atoms with Gasteiger partial charge in [-0.2, -0.15) is 0 Å². The summed E-state index contributed by atoms with van der Waals surface area (Å²) in [6.45, 7) is 6.41. The summed E-state index contributed by atoms with van der Waals surface area (Å²) in [6, 6.07) is 0. The topological polar surface area (TPSA) is 78.9 Å². The molecule has 0 aromatic heterocycles.